The van der Waals surface area contributed by atoms with Crippen molar-refractivity contribution < 1.29 is 9.53 Å². The quantitative estimate of drug-likeness (QED) is 0.901. The lowest BCUT2D eigenvalue weighted by molar-refractivity contribution is -0.120. The lowest BCUT2D eigenvalue weighted by atomic mass is 9.58. The number of aromatic nitrogens is 2. The van der Waals surface area contributed by atoms with Crippen LogP contribution in [0.15, 0.2) is 18.7 Å². The fraction of sp³-hybridized carbons (Fsp3) is 0.778. The summed E-state index contributed by atoms with van der Waals surface area (Å²) in [6, 6.07) is 0.782. The fourth-order valence-corrected chi connectivity index (χ4v) is 4.57. The van der Waals surface area contributed by atoms with Crippen molar-refractivity contribution in [3.63, 3.8) is 0 Å². The minimum absolute atomic E-state index is 0.0879. The van der Waals surface area contributed by atoms with Gasteiger partial charge in [-0.1, -0.05) is 13.8 Å². The van der Waals surface area contributed by atoms with Crippen LogP contribution in [-0.2, 0) is 4.74 Å². The first-order valence-electron chi connectivity index (χ1n) is 9.20. The van der Waals surface area contributed by atoms with Gasteiger partial charge < -0.3 is 19.5 Å². The highest BCUT2D eigenvalue weighted by Crippen LogP contribution is 2.48. The van der Waals surface area contributed by atoms with Crippen LogP contribution in [0.5, 0.6) is 0 Å². The summed E-state index contributed by atoms with van der Waals surface area (Å²) in [6.45, 7) is 6.01. The second-order valence-electron chi connectivity index (χ2n) is 7.13. The molecule has 1 aliphatic carbocycles. The highest BCUT2D eigenvalue weighted by atomic mass is 16.5. The monoisotopic (exact) mass is 334 g/mol. The number of rotatable bonds is 5. The van der Waals surface area contributed by atoms with E-state index in [1.807, 2.05) is 23.6 Å². The topological polar surface area (TPSA) is 59.4 Å². The van der Waals surface area contributed by atoms with Crippen molar-refractivity contribution >= 4 is 6.03 Å². The third-order valence-electron chi connectivity index (χ3n) is 6.38. The van der Waals surface area contributed by atoms with Crippen molar-refractivity contribution in [1.29, 1.82) is 0 Å². The number of nitrogens with zero attached hydrogens (tertiary/aromatic N) is 3. The Morgan fingerprint density at radius 2 is 2.04 bits per heavy atom. The van der Waals surface area contributed by atoms with Crippen LogP contribution < -0.4 is 5.32 Å². The summed E-state index contributed by atoms with van der Waals surface area (Å²) >= 11 is 0. The number of ether oxygens (including phenoxy) is 1. The number of hydrogen-bond acceptors (Lipinski definition) is 3. The molecule has 0 aromatic carbocycles. The second kappa shape index (κ2) is 7.13. The average molecular weight is 334 g/mol. The number of piperidine rings is 1. The van der Waals surface area contributed by atoms with Gasteiger partial charge in [-0.15, -0.1) is 0 Å². The summed E-state index contributed by atoms with van der Waals surface area (Å²) in [5.41, 5.74) is 0.0968. The summed E-state index contributed by atoms with van der Waals surface area (Å²) in [5.74, 6) is 0. The summed E-state index contributed by atoms with van der Waals surface area (Å²) in [5, 5.41) is 3.28. The number of methoxy groups -OCH3 is 1. The Bertz CT molecular complexity index is 533. The normalized spacial score (nSPS) is 26.9. The van der Waals surface area contributed by atoms with E-state index in [4.69, 9.17) is 4.74 Å². The van der Waals surface area contributed by atoms with Gasteiger partial charge in [-0.25, -0.2) is 9.78 Å². The molecule has 1 aromatic heterocycles. The van der Waals surface area contributed by atoms with Crippen molar-refractivity contribution in [1.82, 2.24) is 19.8 Å². The van der Waals surface area contributed by atoms with Crippen LogP contribution in [0.3, 0.4) is 0 Å². The lowest BCUT2D eigenvalue weighted by Gasteiger charge is -2.55. The van der Waals surface area contributed by atoms with Gasteiger partial charge >= 0.3 is 6.03 Å². The number of urea groups is 1. The Labute approximate surface area is 144 Å². The minimum atomic E-state index is 0.0879. The van der Waals surface area contributed by atoms with Crippen LogP contribution in [0.25, 0.3) is 0 Å². The lowest BCUT2D eigenvalue weighted by Crippen LogP contribution is -2.65. The molecule has 0 unspecified atom stereocenters. The number of carbonyl (C=O) groups excluding carboxylic acids is 1. The van der Waals surface area contributed by atoms with E-state index in [0.717, 1.165) is 45.2 Å². The van der Waals surface area contributed by atoms with Crippen molar-refractivity contribution in [2.45, 2.75) is 64.1 Å². The van der Waals surface area contributed by atoms with Crippen molar-refractivity contribution in [2.75, 3.05) is 20.2 Å². The first-order chi connectivity index (χ1) is 11.6. The number of imidazole rings is 1. The molecule has 1 saturated heterocycles. The molecule has 6 nitrogen and oxygen atoms in total. The van der Waals surface area contributed by atoms with Crippen LogP contribution in [0.1, 0.15) is 52.0 Å². The van der Waals surface area contributed by atoms with Crippen LogP contribution in [-0.4, -0.2) is 52.8 Å². The zero-order valence-electron chi connectivity index (χ0n) is 15.1. The zero-order valence-corrected chi connectivity index (χ0v) is 15.1. The molecule has 2 atom stereocenters. The van der Waals surface area contributed by atoms with Gasteiger partial charge in [0, 0.05) is 50.1 Å². The first kappa shape index (κ1) is 17.3. The van der Waals surface area contributed by atoms with Gasteiger partial charge in [0.15, 0.2) is 0 Å². The van der Waals surface area contributed by atoms with Crippen LogP contribution in [0.4, 0.5) is 4.79 Å². The SMILES string of the molecule is CCC1(CC)[C@@H](NC(=O)N2CCC(n3ccnc3)CC2)C[C@@H]1OC. The van der Waals surface area contributed by atoms with Crippen LogP contribution in [0, 0.1) is 5.41 Å². The Morgan fingerprint density at radius 1 is 1.33 bits per heavy atom. The molecule has 1 aromatic rings. The van der Waals surface area contributed by atoms with Gasteiger partial charge in [-0.2, -0.15) is 0 Å². The minimum Gasteiger partial charge on any atom is -0.381 e. The first-order valence-corrected chi connectivity index (χ1v) is 9.20. The third-order valence-corrected chi connectivity index (χ3v) is 6.38. The summed E-state index contributed by atoms with van der Waals surface area (Å²) < 4.78 is 7.78. The van der Waals surface area contributed by atoms with E-state index in [9.17, 15) is 4.79 Å². The van der Waals surface area contributed by atoms with Gasteiger partial charge in [0.2, 0.25) is 0 Å². The molecule has 0 radical (unpaired) electrons. The number of carbonyl (C=O) groups is 1. The average Bonchev–Trinajstić information content (AvgIpc) is 3.14. The van der Waals surface area contributed by atoms with Crippen molar-refractivity contribution in [3.05, 3.63) is 18.7 Å². The summed E-state index contributed by atoms with van der Waals surface area (Å²) in [7, 11) is 1.78. The van der Waals surface area contributed by atoms with E-state index < -0.39 is 0 Å². The number of likely N-dealkylation sites (tertiary alicyclic amines) is 1. The Balaban J connectivity index is 1.53. The summed E-state index contributed by atoms with van der Waals surface area (Å²) in [6.07, 6.45) is 10.9. The Kier molecular flexibility index (Phi) is 5.13. The molecule has 2 heterocycles. The van der Waals surface area contributed by atoms with Crippen LogP contribution in [0.2, 0.25) is 0 Å². The number of amides is 2. The molecule has 2 fully saturated rings. The van der Waals surface area contributed by atoms with Crippen LogP contribution >= 0.6 is 0 Å². The van der Waals surface area contributed by atoms with Gasteiger partial charge in [-0.05, 0) is 32.1 Å². The largest absolute Gasteiger partial charge is 0.381 e. The second-order valence-corrected chi connectivity index (χ2v) is 7.13. The van der Waals surface area contributed by atoms with Gasteiger partial charge in [-0.3, -0.25) is 0 Å². The molecule has 1 N–H and O–H groups in total. The molecule has 3 rings (SSSR count). The predicted molar refractivity (Wildman–Crippen MR) is 92.8 cm³/mol. The molecule has 0 spiro atoms. The zero-order chi connectivity index (χ0) is 17.2. The number of hydrogen-bond donors (Lipinski definition) is 1. The van der Waals surface area contributed by atoms with Crippen molar-refractivity contribution in [2.24, 2.45) is 5.41 Å². The molecule has 1 saturated carbocycles. The molecule has 0 bridgehead atoms. The van der Waals surface area contributed by atoms with Gasteiger partial charge in [0.05, 0.1) is 12.4 Å². The molecule has 2 amide bonds. The van der Waals surface area contributed by atoms with E-state index in [1.165, 1.54) is 0 Å². The molecule has 2 aliphatic rings. The Hall–Kier alpha value is -1.56. The maximum atomic E-state index is 12.7. The molecular formula is C18H30N4O2. The predicted octanol–water partition coefficient (Wildman–Crippen LogP) is 2.82. The molecular weight excluding hydrogens is 304 g/mol. The maximum Gasteiger partial charge on any atom is 0.317 e. The Morgan fingerprint density at radius 3 is 2.58 bits per heavy atom. The smallest absolute Gasteiger partial charge is 0.317 e. The third kappa shape index (κ3) is 2.92. The molecule has 1 aliphatic heterocycles. The van der Waals surface area contributed by atoms with Gasteiger partial charge in [0.25, 0.3) is 0 Å². The molecule has 134 valence electrons. The highest BCUT2D eigenvalue weighted by molar-refractivity contribution is 5.75. The highest BCUT2D eigenvalue weighted by Gasteiger charge is 2.53. The van der Waals surface area contributed by atoms with Crippen molar-refractivity contribution in [3.8, 4) is 0 Å². The van der Waals surface area contributed by atoms with Gasteiger partial charge in [0.1, 0.15) is 0 Å². The number of nitrogens with one attached hydrogen (secondary N) is 1. The van der Waals surface area contributed by atoms with E-state index in [1.54, 1.807) is 7.11 Å². The van der Waals surface area contributed by atoms with E-state index in [0.29, 0.717) is 6.04 Å². The fourth-order valence-electron chi connectivity index (χ4n) is 4.57. The van der Waals surface area contributed by atoms with E-state index >= 15 is 0 Å². The maximum absolute atomic E-state index is 12.7. The summed E-state index contributed by atoms with van der Waals surface area (Å²) in [4.78, 5) is 18.7. The standard InChI is InChI=1S/C18H30N4O2/c1-4-18(5-2)15(12-16(18)24-3)20-17(23)21-9-6-14(7-10-21)22-11-8-19-13-22/h8,11,13-16H,4-7,9-10,12H2,1-3H3,(H,20,23)/t15-,16-/m0/s1. The molecule has 6 heteroatoms. The van der Waals surface area contributed by atoms with E-state index in [-0.39, 0.29) is 23.6 Å². The van der Waals surface area contributed by atoms with E-state index in [2.05, 4.69) is 28.7 Å². The molecule has 24 heavy (non-hydrogen) atoms.